The summed E-state index contributed by atoms with van der Waals surface area (Å²) in [6, 6.07) is 1.25. The number of aliphatic hydroxyl groups is 1. The van der Waals surface area contributed by atoms with Gasteiger partial charge in [0, 0.05) is 0 Å². The second-order valence-electron chi connectivity index (χ2n) is 3.10. The molecule has 78 valence electrons. The first-order valence-corrected chi connectivity index (χ1v) is 4.94. The zero-order valence-electron chi connectivity index (χ0n) is 7.60. The molecule has 0 saturated heterocycles. The van der Waals surface area contributed by atoms with Gasteiger partial charge in [0.05, 0.1) is 6.10 Å². The average molecular weight is 238 g/mol. The van der Waals surface area contributed by atoms with Crippen LogP contribution in [0.4, 0.5) is 4.39 Å². The van der Waals surface area contributed by atoms with Crippen LogP contribution < -0.4 is 0 Å². The summed E-state index contributed by atoms with van der Waals surface area (Å²) in [5, 5.41) is 9.01. The number of nitrogens with zero attached hydrogens (tertiary/aromatic N) is 1. The first-order chi connectivity index (χ1) is 6.50. The molecule has 1 atom stereocenters. The summed E-state index contributed by atoms with van der Waals surface area (Å²) in [5.41, 5.74) is 0.564. The van der Waals surface area contributed by atoms with Crippen LogP contribution in [0.15, 0.2) is 6.07 Å². The van der Waals surface area contributed by atoms with Gasteiger partial charge in [-0.2, -0.15) is 0 Å². The van der Waals surface area contributed by atoms with Crippen molar-refractivity contribution in [2.45, 2.75) is 25.9 Å². The van der Waals surface area contributed by atoms with Crippen molar-refractivity contribution in [2.75, 3.05) is 0 Å². The summed E-state index contributed by atoms with van der Waals surface area (Å²) in [6.45, 7) is 1.66. The van der Waals surface area contributed by atoms with E-state index >= 15 is 0 Å². The molecular formula is C9H10Cl2FNO. The third kappa shape index (κ3) is 3.08. The van der Waals surface area contributed by atoms with Crippen molar-refractivity contribution in [3.63, 3.8) is 0 Å². The van der Waals surface area contributed by atoms with Gasteiger partial charge in [-0.25, -0.2) is 9.37 Å². The topological polar surface area (TPSA) is 33.1 Å². The molecule has 1 aromatic heterocycles. The third-order valence-electron chi connectivity index (χ3n) is 1.79. The molecule has 2 nitrogen and oxygen atoms in total. The van der Waals surface area contributed by atoms with E-state index in [9.17, 15) is 4.39 Å². The molecule has 0 aliphatic heterocycles. The lowest BCUT2D eigenvalue weighted by molar-refractivity contribution is 0.185. The van der Waals surface area contributed by atoms with Crippen molar-refractivity contribution < 1.29 is 9.50 Å². The molecule has 0 fully saturated rings. The van der Waals surface area contributed by atoms with E-state index in [4.69, 9.17) is 28.3 Å². The molecule has 0 aliphatic carbocycles. The van der Waals surface area contributed by atoms with E-state index in [1.165, 1.54) is 6.07 Å². The normalized spacial score (nSPS) is 12.9. The molecule has 0 spiro atoms. The van der Waals surface area contributed by atoms with Gasteiger partial charge >= 0.3 is 0 Å². The number of halogens is 3. The van der Waals surface area contributed by atoms with Crippen molar-refractivity contribution in [3.8, 4) is 0 Å². The Balaban J connectivity index is 2.82. The predicted molar refractivity (Wildman–Crippen MR) is 54.2 cm³/mol. The third-order valence-corrected chi connectivity index (χ3v) is 2.38. The summed E-state index contributed by atoms with van der Waals surface area (Å²) in [4.78, 5) is 3.63. The van der Waals surface area contributed by atoms with E-state index in [2.05, 4.69) is 4.98 Å². The fraction of sp³-hybridized carbons (Fsp3) is 0.444. The summed E-state index contributed by atoms with van der Waals surface area (Å²) in [6.07, 6.45) is 0.560. The van der Waals surface area contributed by atoms with Crippen molar-refractivity contribution in [1.29, 1.82) is 0 Å². The lowest BCUT2D eigenvalue weighted by Gasteiger charge is -2.06. The fourth-order valence-electron chi connectivity index (χ4n) is 1.02. The lowest BCUT2D eigenvalue weighted by atomic mass is 10.1. The Morgan fingerprint density at radius 2 is 2.14 bits per heavy atom. The van der Waals surface area contributed by atoms with Gasteiger partial charge in [-0.15, -0.1) is 0 Å². The highest BCUT2D eigenvalue weighted by Gasteiger charge is 2.09. The molecule has 0 saturated carbocycles. The predicted octanol–water partition coefficient (Wildman–Crippen LogP) is 2.84. The highest BCUT2D eigenvalue weighted by molar-refractivity contribution is 6.32. The van der Waals surface area contributed by atoms with E-state index in [-0.39, 0.29) is 10.3 Å². The Labute approximate surface area is 91.7 Å². The molecule has 14 heavy (non-hydrogen) atoms. The van der Waals surface area contributed by atoms with Gasteiger partial charge in [0.1, 0.15) is 5.15 Å². The number of aryl methyl sites for hydroxylation is 1. The largest absolute Gasteiger partial charge is 0.393 e. The highest BCUT2D eigenvalue weighted by Crippen LogP contribution is 2.21. The number of pyridine rings is 1. The molecule has 1 rings (SSSR count). The summed E-state index contributed by atoms with van der Waals surface area (Å²) >= 11 is 11.2. The zero-order valence-corrected chi connectivity index (χ0v) is 9.11. The first kappa shape index (κ1) is 11.7. The van der Waals surface area contributed by atoms with Crippen molar-refractivity contribution >= 4 is 23.2 Å². The quantitative estimate of drug-likeness (QED) is 0.821. The van der Waals surface area contributed by atoms with Crippen LogP contribution in [0.5, 0.6) is 0 Å². The maximum absolute atomic E-state index is 13.0. The van der Waals surface area contributed by atoms with Gasteiger partial charge in [0.25, 0.3) is 0 Å². The van der Waals surface area contributed by atoms with Crippen LogP contribution in [0.3, 0.4) is 0 Å². The molecule has 1 aromatic rings. The highest BCUT2D eigenvalue weighted by atomic mass is 35.5. The number of hydrogen-bond acceptors (Lipinski definition) is 2. The van der Waals surface area contributed by atoms with Crippen LogP contribution in [-0.2, 0) is 6.42 Å². The molecule has 1 N–H and O–H groups in total. The van der Waals surface area contributed by atoms with Crippen molar-refractivity contribution in [3.05, 3.63) is 27.8 Å². The molecular weight excluding hydrogens is 228 g/mol. The number of aliphatic hydroxyl groups excluding tert-OH is 1. The molecule has 0 aliphatic rings. The first-order valence-electron chi connectivity index (χ1n) is 4.19. The zero-order chi connectivity index (χ0) is 10.7. The van der Waals surface area contributed by atoms with Crippen LogP contribution in [0, 0.1) is 5.82 Å². The molecule has 0 bridgehead atoms. The van der Waals surface area contributed by atoms with Gasteiger partial charge in [-0.05, 0) is 31.4 Å². The summed E-state index contributed by atoms with van der Waals surface area (Å²) in [7, 11) is 0. The number of rotatable bonds is 3. The molecule has 1 unspecified atom stereocenters. The van der Waals surface area contributed by atoms with Gasteiger partial charge in [-0.1, -0.05) is 23.2 Å². The minimum absolute atomic E-state index is 0.192. The summed E-state index contributed by atoms with van der Waals surface area (Å²) in [5.74, 6) is -0.586. The Morgan fingerprint density at radius 1 is 1.50 bits per heavy atom. The fourth-order valence-corrected chi connectivity index (χ4v) is 1.44. The molecule has 0 radical (unpaired) electrons. The Bertz CT molecular complexity index is 331. The summed E-state index contributed by atoms with van der Waals surface area (Å²) < 4.78 is 13.0. The number of aromatic nitrogens is 1. The molecule has 1 heterocycles. The minimum atomic E-state index is -0.586. The maximum atomic E-state index is 13.0. The second-order valence-corrected chi connectivity index (χ2v) is 3.81. The van der Waals surface area contributed by atoms with Crippen LogP contribution in [0.2, 0.25) is 10.3 Å². The SMILES string of the molecule is CC(O)CCc1cc(F)c(Cl)nc1Cl. The van der Waals surface area contributed by atoms with Crippen LogP contribution in [-0.4, -0.2) is 16.2 Å². The van der Waals surface area contributed by atoms with Crippen LogP contribution >= 0.6 is 23.2 Å². The maximum Gasteiger partial charge on any atom is 0.166 e. The number of hydrogen-bond donors (Lipinski definition) is 1. The van der Waals surface area contributed by atoms with Gasteiger partial charge in [0.15, 0.2) is 11.0 Å². The van der Waals surface area contributed by atoms with Crippen molar-refractivity contribution in [2.24, 2.45) is 0 Å². The van der Waals surface area contributed by atoms with E-state index in [1.54, 1.807) is 6.92 Å². The monoisotopic (exact) mass is 237 g/mol. The van der Waals surface area contributed by atoms with E-state index < -0.39 is 11.9 Å². The van der Waals surface area contributed by atoms with Crippen LogP contribution in [0.1, 0.15) is 18.9 Å². The van der Waals surface area contributed by atoms with Gasteiger partial charge in [0.2, 0.25) is 0 Å². The molecule has 5 heteroatoms. The minimum Gasteiger partial charge on any atom is -0.393 e. The van der Waals surface area contributed by atoms with E-state index in [1.807, 2.05) is 0 Å². The standard InChI is InChI=1S/C9H10Cl2FNO/c1-5(14)2-3-6-4-7(12)9(11)13-8(6)10/h4-5,14H,2-3H2,1H3. The van der Waals surface area contributed by atoms with E-state index in [0.29, 0.717) is 18.4 Å². The van der Waals surface area contributed by atoms with Crippen molar-refractivity contribution in [1.82, 2.24) is 4.98 Å². The Kier molecular flexibility index (Phi) is 4.11. The second kappa shape index (κ2) is 4.91. The Morgan fingerprint density at radius 3 is 2.71 bits per heavy atom. The lowest BCUT2D eigenvalue weighted by Crippen LogP contribution is -2.02. The van der Waals surface area contributed by atoms with E-state index in [0.717, 1.165) is 0 Å². The molecule has 0 aromatic carbocycles. The average Bonchev–Trinajstić information content (AvgIpc) is 2.09. The Hall–Kier alpha value is -0.380. The smallest absolute Gasteiger partial charge is 0.166 e. The van der Waals surface area contributed by atoms with Crippen LogP contribution in [0.25, 0.3) is 0 Å². The van der Waals surface area contributed by atoms with Gasteiger partial charge in [-0.3, -0.25) is 0 Å². The molecule has 0 amide bonds. The van der Waals surface area contributed by atoms with Gasteiger partial charge < -0.3 is 5.11 Å².